The highest BCUT2D eigenvalue weighted by atomic mass is 127. The number of hydrogen-bond donors (Lipinski definition) is 3. The van der Waals surface area contributed by atoms with Gasteiger partial charge in [-0.15, -0.1) is 30.4 Å². The normalized spacial score (nSPS) is 17.1. The topological polar surface area (TPSA) is 68.8 Å². The molecule has 1 fully saturated rings. The molecule has 1 aromatic carbocycles. The van der Waals surface area contributed by atoms with Gasteiger partial charge in [-0.2, -0.15) is 0 Å². The molecule has 0 bridgehead atoms. The van der Waals surface area contributed by atoms with Crippen molar-refractivity contribution in [2.45, 2.75) is 25.8 Å². The zero-order valence-electron chi connectivity index (χ0n) is 15.4. The minimum Gasteiger partial charge on any atom is -0.355 e. The third-order valence-electron chi connectivity index (χ3n) is 4.36. The first-order valence-corrected chi connectivity index (χ1v) is 8.71. The van der Waals surface area contributed by atoms with E-state index in [4.69, 9.17) is 6.42 Å². The molecule has 1 aliphatic rings. The van der Waals surface area contributed by atoms with E-state index in [1.165, 1.54) is 12.8 Å². The maximum absolute atomic E-state index is 12.1. The van der Waals surface area contributed by atoms with E-state index in [1.807, 2.05) is 18.2 Å². The van der Waals surface area contributed by atoms with Crippen LogP contribution in [0.2, 0.25) is 0 Å². The molecule has 0 saturated carbocycles. The number of nitrogens with zero attached hydrogens (tertiary/aromatic N) is 2. The number of rotatable bonds is 6. The van der Waals surface area contributed by atoms with Crippen LogP contribution in [0, 0.1) is 12.3 Å². The average Bonchev–Trinajstić information content (AvgIpc) is 3.09. The lowest BCUT2D eigenvalue weighted by Gasteiger charge is -2.23. The Kier molecular flexibility index (Phi) is 10.1. The zero-order valence-corrected chi connectivity index (χ0v) is 17.7. The molecule has 3 N–H and O–H groups in total. The number of hydrogen-bond acceptors (Lipinski definition) is 3. The number of aliphatic imine (C=N–C) groups is 1. The van der Waals surface area contributed by atoms with Crippen LogP contribution in [0.5, 0.6) is 0 Å². The minimum atomic E-state index is -0.145. The van der Waals surface area contributed by atoms with Gasteiger partial charge in [-0.05, 0) is 44.1 Å². The summed E-state index contributed by atoms with van der Waals surface area (Å²) in [7, 11) is 1.70. The lowest BCUT2D eigenvalue weighted by atomic mass is 10.2. The Bertz CT molecular complexity index is 656. The molecule has 0 aliphatic carbocycles. The summed E-state index contributed by atoms with van der Waals surface area (Å²) in [5.41, 5.74) is 1.43. The monoisotopic (exact) mass is 469 g/mol. The van der Waals surface area contributed by atoms with Crippen molar-refractivity contribution >= 4 is 41.5 Å². The highest BCUT2D eigenvalue weighted by Gasteiger charge is 2.22. The van der Waals surface area contributed by atoms with Crippen molar-refractivity contribution in [3.05, 3.63) is 29.8 Å². The van der Waals surface area contributed by atoms with Gasteiger partial charge in [0.1, 0.15) is 0 Å². The third kappa shape index (κ3) is 6.84. The molecule has 1 atom stereocenters. The van der Waals surface area contributed by atoms with Crippen molar-refractivity contribution in [2.75, 3.05) is 38.5 Å². The Morgan fingerprint density at radius 3 is 2.92 bits per heavy atom. The Morgan fingerprint density at radius 1 is 1.42 bits per heavy atom. The molecule has 26 heavy (non-hydrogen) atoms. The molecule has 1 amide bonds. The van der Waals surface area contributed by atoms with Crippen molar-refractivity contribution in [3.8, 4) is 12.3 Å². The number of guanidine groups is 1. The van der Waals surface area contributed by atoms with Gasteiger partial charge in [0, 0.05) is 30.9 Å². The largest absolute Gasteiger partial charge is 0.355 e. The van der Waals surface area contributed by atoms with Gasteiger partial charge in [-0.25, -0.2) is 0 Å². The first-order valence-electron chi connectivity index (χ1n) is 8.71. The van der Waals surface area contributed by atoms with E-state index in [0.717, 1.165) is 25.2 Å². The molecule has 142 valence electrons. The predicted molar refractivity (Wildman–Crippen MR) is 118 cm³/mol. The van der Waals surface area contributed by atoms with Crippen LogP contribution in [0.25, 0.3) is 0 Å². The lowest BCUT2D eigenvalue weighted by Crippen LogP contribution is -2.46. The van der Waals surface area contributed by atoms with Crippen LogP contribution in [0.3, 0.4) is 0 Å². The van der Waals surface area contributed by atoms with Gasteiger partial charge < -0.3 is 16.0 Å². The minimum absolute atomic E-state index is 0. The van der Waals surface area contributed by atoms with Crippen molar-refractivity contribution in [1.82, 2.24) is 15.5 Å². The number of amides is 1. The number of anilines is 1. The smallest absolute Gasteiger partial charge is 0.243 e. The number of nitrogens with one attached hydrogen (secondary N) is 3. The molecule has 1 heterocycles. The fourth-order valence-corrected chi connectivity index (χ4v) is 3.03. The second-order valence-electron chi connectivity index (χ2n) is 6.00. The van der Waals surface area contributed by atoms with Crippen LogP contribution in [-0.4, -0.2) is 56.0 Å². The zero-order chi connectivity index (χ0) is 18.1. The van der Waals surface area contributed by atoms with E-state index in [2.05, 4.69) is 38.7 Å². The van der Waals surface area contributed by atoms with Crippen molar-refractivity contribution < 1.29 is 4.79 Å². The fourth-order valence-electron chi connectivity index (χ4n) is 3.03. The second kappa shape index (κ2) is 11.8. The standard InChI is InChI=1S/C19H27N5O.HI/c1-4-15-8-6-9-16(12-15)23-18(25)14-22-19(20-3)21-13-17-10-7-11-24(17)5-2;/h1,6,8-9,12,17H,5,7,10-11,13-14H2,2-3H3,(H,23,25)(H2,20,21,22);1H. The van der Waals surface area contributed by atoms with E-state index in [0.29, 0.717) is 17.7 Å². The molecular weight excluding hydrogens is 441 g/mol. The number of halogens is 1. The van der Waals surface area contributed by atoms with Crippen LogP contribution < -0.4 is 16.0 Å². The Morgan fingerprint density at radius 2 is 2.23 bits per heavy atom. The molecule has 1 unspecified atom stereocenters. The summed E-state index contributed by atoms with van der Waals surface area (Å²) in [5.74, 6) is 3.04. The van der Waals surface area contributed by atoms with E-state index in [9.17, 15) is 4.79 Å². The fraction of sp³-hybridized carbons (Fsp3) is 0.474. The second-order valence-corrected chi connectivity index (χ2v) is 6.00. The molecular formula is C19H28IN5O. The third-order valence-corrected chi connectivity index (χ3v) is 4.36. The highest BCUT2D eigenvalue weighted by molar-refractivity contribution is 14.0. The van der Waals surface area contributed by atoms with Crippen LogP contribution in [0.4, 0.5) is 5.69 Å². The summed E-state index contributed by atoms with van der Waals surface area (Å²) in [6.07, 6.45) is 7.81. The van der Waals surface area contributed by atoms with E-state index >= 15 is 0 Å². The summed E-state index contributed by atoms with van der Waals surface area (Å²) in [6, 6.07) is 7.75. The van der Waals surface area contributed by atoms with Gasteiger partial charge in [-0.1, -0.05) is 18.9 Å². The predicted octanol–water partition coefficient (Wildman–Crippen LogP) is 1.87. The molecule has 6 nitrogen and oxygen atoms in total. The van der Waals surface area contributed by atoms with Gasteiger partial charge in [0.15, 0.2) is 5.96 Å². The number of carbonyl (C=O) groups is 1. The summed E-state index contributed by atoms with van der Waals surface area (Å²) in [4.78, 5) is 18.7. The van der Waals surface area contributed by atoms with Crippen molar-refractivity contribution in [1.29, 1.82) is 0 Å². The van der Waals surface area contributed by atoms with Gasteiger partial charge in [0.05, 0.1) is 6.54 Å². The maximum Gasteiger partial charge on any atom is 0.243 e. The number of likely N-dealkylation sites (N-methyl/N-ethyl adjacent to an activating group) is 1. The first kappa shape index (κ1) is 22.3. The SMILES string of the molecule is C#Cc1cccc(NC(=O)CNC(=NC)NCC2CCCN2CC)c1.I. The van der Waals surface area contributed by atoms with Crippen LogP contribution in [-0.2, 0) is 4.79 Å². The quantitative estimate of drug-likeness (QED) is 0.258. The number of benzene rings is 1. The Labute approximate surface area is 173 Å². The van der Waals surface area contributed by atoms with Crippen LogP contribution in [0.15, 0.2) is 29.3 Å². The average molecular weight is 469 g/mol. The summed E-state index contributed by atoms with van der Waals surface area (Å²) < 4.78 is 0. The number of terminal acetylenes is 1. The molecule has 0 aromatic heterocycles. The summed E-state index contributed by atoms with van der Waals surface area (Å²) >= 11 is 0. The summed E-state index contributed by atoms with van der Waals surface area (Å²) in [5, 5.41) is 9.17. The maximum atomic E-state index is 12.1. The van der Waals surface area contributed by atoms with Crippen molar-refractivity contribution in [3.63, 3.8) is 0 Å². The van der Waals surface area contributed by atoms with E-state index in [-0.39, 0.29) is 36.4 Å². The molecule has 7 heteroatoms. The number of likely N-dealkylation sites (tertiary alicyclic amines) is 1. The summed E-state index contributed by atoms with van der Waals surface area (Å²) in [6.45, 7) is 5.39. The molecule has 1 saturated heterocycles. The van der Waals surface area contributed by atoms with E-state index in [1.54, 1.807) is 13.1 Å². The highest BCUT2D eigenvalue weighted by Crippen LogP contribution is 2.15. The van der Waals surface area contributed by atoms with Crippen LogP contribution in [0.1, 0.15) is 25.3 Å². The van der Waals surface area contributed by atoms with Crippen LogP contribution >= 0.6 is 24.0 Å². The van der Waals surface area contributed by atoms with Gasteiger partial charge >= 0.3 is 0 Å². The molecule has 0 spiro atoms. The molecule has 1 aliphatic heterocycles. The first-order chi connectivity index (χ1) is 12.2. The van der Waals surface area contributed by atoms with Gasteiger partial charge in [0.2, 0.25) is 5.91 Å². The van der Waals surface area contributed by atoms with Gasteiger partial charge in [-0.3, -0.25) is 14.7 Å². The number of carbonyl (C=O) groups excluding carboxylic acids is 1. The lowest BCUT2D eigenvalue weighted by molar-refractivity contribution is -0.115. The Balaban J connectivity index is 0.00000338. The Hall–Kier alpha value is -1.79. The molecule has 1 aromatic rings. The van der Waals surface area contributed by atoms with Gasteiger partial charge in [0.25, 0.3) is 0 Å². The molecule has 2 rings (SSSR count). The molecule has 0 radical (unpaired) electrons. The van der Waals surface area contributed by atoms with E-state index < -0.39 is 0 Å². The van der Waals surface area contributed by atoms with Crippen molar-refractivity contribution in [2.24, 2.45) is 4.99 Å².